The van der Waals surface area contributed by atoms with E-state index in [1.165, 1.54) is 9.58 Å². The average molecular weight is 483 g/mol. The third kappa shape index (κ3) is 4.32. The summed E-state index contributed by atoms with van der Waals surface area (Å²) in [5, 5.41) is 22.4. The van der Waals surface area contributed by atoms with Gasteiger partial charge in [0.15, 0.2) is 0 Å². The second-order valence-corrected chi connectivity index (χ2v) is 8.78. The molecule has 1 atom stereocenters. The summed E-state index contributed by atoms with van der Waals surface area (Å²) in [4.78, 5) is 51.0. The van der Waals surface area contributed by atoms with Crippen molar-refractivity contribution in [3.8, 4) is 17.3 Å². The van der Waals surface area contributed by atoms with E-state index in [0.29, 0.717) is 28.1 Å². The first-order valence-corrected chi connectivity index (χ1v) is 11.3. The minimum atomic E-state index is -0.733. The van der Waals surface area contributed by atoms with E-state index in [4.69, 9.17) is 0 Å². The van der Waals surface area contributed by atoms with Crippen LogP contribution in [-0.4, -0.2) is 49.6 Å². The zero-order valence-electron chi connectivity index (χ0n) is 19.3. The van der Waals surface area contributed by atoms with Crippen LogP contribution in [0.5, 0.6) is 0 Å². The lowest BCUT2D eigenvalue weighted by Crippen LogP contribution is -2.52. The van der Waals surface area contributed by atoms with Crippen LogP contribution < -0.4 is 10.6 Å². The number of carbonyl (C=O) groups excluding carboxylic acids is 4. The summed E-state index contributed by atoms with van der Waals surface area (Å²) in [6, 6.07) is 11.8. The normalized spacial score (nSPS) is 16.9. The topological polar surface area (TPSA) is 150 Å². The minimum absolute atomic E-state index is 0.113. The summed E-state index contributed by atoms with van der Waals surface area (Å²) >= 11 is 0. The number of nitriles is 1. The van der Waals surface area contributed by atoms with Crippen LogP contribution >= 0.6 is 0 Å². The van der Waals surface area contributed by atoms with Gasteiger partial charge in [-0.15, -0.1) is 5.10 Å². The highest BCUT2D eigenvalue weighted by molar-refractivity contribution is 6.06. The molecule has 1 fully saturated rings. The van der Waals surface area contributed by atoms with E-state index < -0.39 is 11.9 Å². The molecule has 0 bridgehead atoms. The number of fused-ring (bicyclic) bond motifs is 1. The van der Waals surface area contributed by atoms with Crippen LogP contribution in [0.2, 0.25) is 0 Å². The van der Waals surface area contributed by atoms with Crippen LogP contribution in [0.25, 0.3) is 11.3 Å². The number of nitrogens with zero attached hydrogens (tertiary/aromatic N) is 5. The summed E-state index contributed by atoms with van der Waals surface area (Å²) in [5.74, 6) is -1.52. The highest BCUT2D eigenvalue weighted by atomic mass is 16.2. The van der Waals surface area contributed by atoms with E-state index in [1.54, 1.807) is 36.5 Å². The second-order valence-electron chi connectivity index (χ2n) is 8.78. The van der Waals surface area contributed by atoms with Crippen LogP contribution in [0.1, 0.15) is 39.9 Å². The predicted octanol–water partition coefficient (Wildman–Crippen LogP) is 1.52. The minimum Gasteiger partial charge on any atom is -0.324 e. The number of benzene rings is 2. The lowest BCUT2D eigenvalue weighted by Gasteiger charge is -2.29. The Hall–Kier alpha value is -4.85. The molecule has 0 saturated carbocycles. The quantitative estimate of drug-likeness (QED) is 0.522. The van der Waals surface area contributed by atoms with Crippen molar-refractivity contribution >= 4 is 29.3 Å². The van der Waals surface area contributed by atoms with Crippen molar-refractivity contribution in [1.82, 2.24) is 25.2 Å². The summed E-state index contributed by atoms with van der Waals surface area (Å²) in [6.45, 7) is 1.92. The predicted molar refractivity (Wildman–Crippen MR) is 126 cm³/mol. The number of hydrogen-bond donors (Lipinski definition) is 2. The highest BCUT2D eigenvalue weighted by Crippen LogP contribution is 2.32. The molecule has 180 valence electrons. The fraction of sp³-hybridized carbons (Fsp3) is 0.240. The third-order valence-corrected chi connectivity index (χ3v) is 6.20. The summed E-state index contributed by atoms with van der Waals surface area (Å²) in [6.07, 6.45) is 2.05. The van der Waals surface area contributed by atoms with Crippen LogP contribution in [-0.2, 0) is 27.5 Å². The van der Waals surface area contributed by atoms with Gasteiger partial charge in [0.05, 0.1) is 17.8 Å². The lowest BCUT2D eigenvalue weighted by molar-refractivity contribution is -0.137. The Morgan fingerprint density at radius 3 is 2.86 bits per heavy atom. The van der Waals surface area contributed by atoms with Gasteiger partial charge in [0.1, 0.15) is 18.3 Å². The molecule has 0 radical (unpaired) electrons. The maximum absolute atomic E-state index is 13.0. The van der Waals surface area contributed by atoms with Gasteiger partial charge in [0, 0.05) is 35.3 Å². The number of hydrogen-bond acceptors (Lipinski definition) is 7. The maximum Gasteiger partial charge on any atom is 0.255 e. The zero-order chi connectivity index (χ0) is 25.4. The van der Waals surface area contributed by atoms with Crippen molar-refractivity contribution in [2.75, 3.05) is 5.32 Å². The maximum atomic E-state index is 13.0. The highest BCUT2D eigenvalue weighted by Gasteiger charge is 2.39. The fourth-order valence-electron chi connectivity index (χ4n) is 4.54. The van der Waals surface area contributed by atoms with Gasteiger partial charge in [0.2, 0.25) is 17.7 Å². The first kappa shape index (κ1) is 22.9. The van der Waals surface area contributed by atoms with E-state index in [1.807, 2.05) is 13.0 Å². The van der Waals surface area contributed by atoms with Crippen molar-refractivity contribution in [2.24, 2.45) is 0 Å². The van der Waals surface area contributed by atoms with E-state index in [2.05, 4.69) is 27.0 Å². The molecule has 2 N–H and O–H groups in total. The number of aryl methyl sites for hydroxylation is 1. The standard InChI is InChI=1S/C25H21N7O4/c1-14-7-15(10-26)9-16(8-14)20-12-31(30-29-20)13-23(34)27-19-4-2-3-17-18(19)11-32(25(17)36)21-5-6-22(33)28-24(21)35/h2-4,7-9,12,21H,5-6,11,13H2,1H3,(H,27,34)(H,28,33,35). The first-order valence-electron chi connectivity index (χ1n) is 11.3. The number of rotatable bonds is 5. The zero-order valence-corrected chi connectivity index (χ0v) is 19.3. The molecule has 3 aromatic rings. The number of amides is 4. The molecule has 1 unspecified atom stereocenters. The molecule has 11 nitrogen and oxygen atoms in total. The van der Waals surface area contributed by atoms with Crippen molar-refractivity contribution in [1.29, 1.82) is 5.26 Å². The van der Waals surface area contributed by atoms with Gasteiger partial charge in [-0.05, 0) is 49.2 Å². The SMILES string of the molecule is Cc1cc(C#N)cc(-c2cn(CC(=O)Nc3cccc4c3CN(C3CCC(=O)NC3=O)C4=O)nn2)c1. The average Bonchev–Trinajstić information content (AvgIpc) is 3.44. The number of imide groups is 1. The second kappa shape index (κ2) is 9.07. The molecule has 2 aliphatic heterocycles. The van der Waals surface area contributed by atoms with Gasteiger partial charge in [-0.2, -0.15) is 5.26 Å². The van der Waals surface area contributed by atoms with Gasteiger partial charge >= 0.3 is 0 Å². The number of piperidine rings is 1. The molecule has 1 aromatic heterocycles. The van der Waals surface area contributed by atoms with Crippen LogP contribution in [0.3, 0.4) is 0 Å². The summed E-state index contributed by atoms with van der Waals surface area (Å²) in [5.41, 5.74) is 4.18. The van der Waals surface area contributed by atoms with E-state index in [9.17, 15) is 24.4 Å². The molecule has 3 heterocycles. The van der Waals surface area contributed by atoms with Crippen LogP contribution in [0.4, 0.5) is 5.69 Å². The Morgan fingerprint density at radius 1 is 1.25 bits per heavy atom. The molecule has 1 saturated heterocycles. The van der Waals surface area contributed by atoms with Gasteiger partial charge in [-0.3, -0.25) is 24.5 Å². The van der Waals surface area contributed by atoms with Crippen molar-refractivity contribution in [3.63, 3.8) is 0 Å². The molecule has 2 aromatic carbocycles. The Bertz CT molecular complexity index is 1470. The number of carbonyl (C=O) groups is 4. The van der Waals surface area contributed by atoms with Crippen LogP contribution in [0.15, 0.2) is 42.6 Å². The molecule has 2 aliphatic rings. The van der Waals surface area contributed by atoms with Crippen molar-refractivity contribution < 1.29 is 19.2 Å². The number of anilines is 1. The van der Waals surface area contributed by atoms with E-state index in [-0.39, 0.29) is 43.7 Å². The number of aromatic nitrogens is 3. The van der Waals surface area contributed by atoms with Gasteiger partial charge < -0.3 is 10.2 Å². The smallest absolute Gasteiger partial charge is 0.255 e. The Kier molecular flexibility index (Phi) is 5.77. The Morgan fingerprint density at radius 2 is 2.08 bits per heavy atom. The van der Waals surface area contributed by atoms with E-state index >= 15 is 0 Å². The lowest BCUT2D eigenvalue weighted by atomic mass is 10.0. The molecular weight excluding hydrogens is 462 g/mol. The van der Waals surface area contributed by atoms with Gasteiger partial charge in [-0.1, -0.05) is 11.3 Å². The fourth-order valence-corrected chi connectivity index (χ4v) is 4.54. The molecule has 0 spiro atoms. The van der Waals surface area contributed by atoms with Crippen molar-refractivity contribution in [2.45, 2.75) is 38.9 Å². The van der Waals surface area contributed by atoms with Gasteiger partial charge in [-0.25, -0.2) is 4.68 Å². The molecule has 4 amide bonds. The molecule has 0 aliphatic carbocycles. The molecular formula is C25H21N7O4. The van der Waals surface area contributed by atoms with Crippen LogP contribution in [0, 0.1) is 18.3 Å². The molecule has 5 rings (SSSR count). The number of nitrogens with one attached hydrogen (secondary N) is 2. The summed E-state index contributed by atoms with van der Waals surface area (Å²) in [7, 11) is 0. The molecule has 36 heavy (non-hydrogen) atoms. The van der Waals surface area contributed by atoms with Gasteiger partial charge in [0.25, 0.3) is 5.91 Å². The largest absolute Gasteiger partial charge is 0.324 e. The Labute approximate surface area is 205 Å². The molecule has 11 heteroatoms. The van der Waals surface area contributed by atoms with E-state index in [0.717, 1.165) is 11.1 Å². The monoisotopic (exact) mass is 483 g/mol. The first-order chi connectivity index (χ1) is 17.3. The summed E-state index contributed by atoms with van der Waals surface area (Å²) < 4.78 is 1.39. The van der Waals surface area contributed by atoms with Crippen molar-refractivity contribution in [3.05, 3.63) is 64.8 Å². The third-order valence-electron chi connectivity index (χ3n) is 6.20. The Balaban J connectivity index is 1.29.